The Hall–Kier alpha value is -2.21. The molecule has 6 heteroatoms. The van der Waals surface area contributed by atoms with Gasteiger partial charge in [0.1, 0.15) is 0 Å². The van der Waals surface area contributed by atoms with E-state index in [9.17, 15) is 18.5 Å². The third kappa shape index (κ3) is 2.80. The maximum Gasteiger partial charge on any atom is 0.277 e. The van der Waals surface area contributed by atoms with E-state index in [0.717, 1.165) is 0 Å². The summed E-state index contributed by atoms with van der Waals surface area (Å²) in [6, 6.07) is 12.5. The van der Waals surface area contributed by atoms with Gasteiger partial charge in [0.05, 0.1) is 20.6 Å². The van der Waals surface area contributed by atoms with Gasteiger partial charge < -0.3 is 0 Å². The predicted octanol–water partition coefficient (Wildman–Crippen LogP) is 3.44. The molecule has 0 amide bonds. The van der Waals surface area contributed by atoms with Crippen LogP contribution in [0.1, 0.15) is 13.8 Å². The van der Waals surface area contributed by atoms with Crippen LogP contribution < -0.4 is 0 Å². The van der Waals surface area contributed by atoms with Crippen LogP contribution in [0.2, 0.25) is 0 Å². The van der Waals surface area contributed by atoms with Gasteiger partial charge in [-0.3, -0.25) is 10.1 Å². The molecule has 0 spiro atoms. The zero-order valence-electron chi connectivity index (χ0n) is 11.7. The highest BCUT2D eigenvalue weighted by Crippen LogP contribution is 2.35. The lowest BCUT2D eigenvalue weighted by molar-refractivity contribution is -0.384. The smallest absolute Gasteiger partial charge is 0.258 e. The Labute approximate surface area is 123 Å². The highest BCUT2D eigenvalue weighted by atomic mass is 32.2. The van der Waals surface area contributed by atoms with Crippen LogP contribution in [-0.2, 0) is 9.84 Å². The van der Waals surface area contributed by atoms with E-state index in [0.29, 0.717) is 11.1 Å². The van der Waals surface area contributed by atoms with Gasteiger partial charge in [0, 0.05) is 11.6 Å². The number of nitro benzene ring substituents is 1. The Morgan fingerprint density at radius 1 is 0.952 bits per heavy atom. The highest BCUT2D eigenvalue weighted by molar-refractivity contribution is 7.92. The van der Waals surface area contributed by atoms with Crippen molar-refractivity contribution in [3.63, 3.8) is 0 Å². The van der Waals surface area contributed by atoms with E-state index in [2.05, 4.69) is 0 Å². The van der Waals surface area contributed by atoms with Crippen molar-refractivity contribution in [2.45, 2.75) is 24.0 Å². The first kappa shape index (κ1) is 15.2. The molecule has 110 valence electrons. The fourth-order valence-corrected chi connectivity index (χ4v) is 3.31. The summed E-state index contributed by atoms with van der Waals surface area (Å²) < 4.78 is 24.9. The zero-order valence-corrected chi connectivity index (χ0v) is 12.5. The number of hydrogen-bond acceptors (Lipinski definition) is 4. The fraction of sp³-hybridized carbons (Fsp3) is 0.200. The first-order valence-corrected chi connectivity index (χ1v) is 7.97. The molecule has 0 heterocycles. The Bertz CT molecular complexity index is 782. The van der Waals surface area contributed by atoms with Crippen LogP contribution in [-0.4, -0.2) is 18.6 Å². The number of nitrogens with zero attached hydrogens (tertiary/aromatic N) is 1. The van der Waals surface area contributed by atoms with Gasteiger partial charge in [-0.15, -0.1) is 0 Å². The average molecular weight is 305 g/mol. The minimum Gasteiger partial charge on any atom is -0.258 e. The fourth-order valence-electron chi connectivity index (χ4n) is 2.05. The summed E-state index contributed by atoms with van der Waals surface area (Å²) in [7, 11) is -3.52. The van der Waals surface area contributed by atoms with Gasteiger partial charge in [-0.2, -0.15) is 0 Å². The largest absolute Gasteiger partial charge is 0.277 e. The molecule has 0 radical (unpaired) electrons. The van der Waals surface area contributed by atoms with E-state index >= 15 is 0 Å². The summed E-state index contributed by atoms with van der Waals surface area (Å²) in [5, 5.41) is 10.6. The summed E-state index contributed by atoms with van der Waals surface area (Å²) in [6.45, 7) is 3.18. The molecule has 0 saturated heterocycles. The van der Waals surface area contributed by atoms with Gasteiger partial charge in [-0.1, -0.05) is 30.3 Å². The van der Waals surface area contributed by atoms with Crippen molar-refractivity contribution in [2.24, 2.45) is 0 Å². The topological polar surface area (TPSA) is 77.3 Å². The first-order chi connectivity index (χ1) is 9.85. The Kier molecular flexibility index (Phi) is 4.09. The van der Waals surface area contributed by atoms with Crippen molar-refractivity contribution in [3.8, 4) is 11.1 Å². The van der Waals surface area contributed by atoms with Crippen LogP contribution in [0.25, 0.3) is 11.1 Å². The Morgan fingerprint density at radius 3 is 2.05 bits per heavy atom. The van der Waals surface area contributed by atoms with E-state index in [1.54, 1.807) is 50.2 Å². The average Bonchev–Trinajstić information content (AvgIpc) is 2.47. The molecule has 0 bridgehead atoms. The van der Waals surface area contributed by atoms with Gasteiger partial charge in [0.25, 0.3) is 5.69 Å². The van der Waals surface area contributed by atoms with Crippen LogP contribution in [0.5, 0.6) is 0 Å². The normalized spacial score (nSPS) is 11.6. The van der Waals surface area contributed by atoms with Crippen molar-refractivity contribution in [3.05, 3.63) is 58.6 Å². The molecule has 5 nitrogen and oxygen atoms in total. The first-order valence-electron chi connectivity index (χ1n) is 6.42. The maximum absolute atomic E-state index is 12.4. The summed E-state index contributed by atoms with van der Waals surface area (Å²) in [5.41, 5.74) is 0.560. The van der Waals surface area contributed by atoms with E-state index in [-0.39, 0.29) is 10.6 Å². The zero-order chi connectivity index (χ0) is 15.6. The molecule has 0 aliphatic heterocycles. The molecule has 0 atom stereocenters. The molecule has 0 aliphatic rings. The van der Waals surface area contributed by atoms with Crippen molar-refractivity contribution < 1.29 is 13.3 Å². The second-order valence-electron chi connectivity index (χ2n) is 4.86. The number of hydrogen-bond donors (Lipinski definition) is 0. The summed E-state index contributed by atoms with van der Waals surface area (Å²) in [5.74, 6) is 0. The Balaban J connectivity index is 2.76. The number of benzene rings is 2. The lowest BCUT2D eigenvalue weighted by Crippen LogP contribution is -2.15. The van der Waals surface area contributed by atoms with E-state index in [1.165, 1.54) is 12.1 Å². The number of para-hydroxylation sites is 1. The molecule has 0 saturated carbocycles. The molecule has 0 aliphatic carbocycles. The Morgan fingerprint density at radius 2 is 1.48 bits per heavy atom. The number of rotatable bonds is 4. The third-order valence-electron chi connectivity index (χ3n) is 3.21. The SMILES string of the molecule is CC(C)S(=O)(=O)c1ccccc1-c1ccccc1[N+](=O)[O-]. The molecule has 0 fully saturated rings. The van der Waals surface area contributed by atoms with Crippen LogP contribution >= 0.6 is 0 Å². The van der Waals surface area contributed by atoms with E-state index in [4.69, 9.17) is 0 Å². The van der Waals surface area contributed by atoms with Gasteiger partial charge >= 0.3 is 0 Å². The number of sulfone groups is 1. The summed E-state index contributed by atoms with van der Waals surface area (Å²) >= 11 is 0. The summed E-state index contributed by atoms with van der Waals surface area (Å²) in [4.78, 5) is 10.8. The van der Waals surface area contributed by atoms with Crippen molar-refractivity contribution in [1.82, 2.24) is 0 Å². The van der Waals surface area contributed by atoms with Crippen LogP contribution in [0.3, 0.4) is 0 Å². The molecule has 0 unspecified atom stereocenters. The molecule has 2 aromatic rings. The molecular weight excluding hydrogens is 290 g/mol. The molecule has 21 heavy (non-hydrogen) atoms. The van der Waals surface area contributed by atoms with Crippen molar-refractivity contribution in [2.75, 3.05) is 0 Å². The standard InChI is InChI=1S/C15H15NO4S/c1-11(2)21(19,20)15-10-6-4-8-13(15)12-7-3-5-9-14(12)16(17)18/h3-11H,1-2H3. The molecule has 2 rings (SSSR count). The van der Waals surface area contributed by atoms with Crippen molar-refractivity contribution in [1.29, 1.82) is 0 Å². The van der Waals surface area contributed by atoms with Crippen LogP contribution in [0, 0.1) is 10.1 Å². The van der Waals surface area contributed by atoms with Crippen molar-refractivity contribution >= 4 is 15.5 Å². The van der Waals surface area contributed by atoms with Gasteiger partial charge in [-0.25, -0.2) is 8.42 Å². The number of nitro groups is 1. The highest BCUT2D eigenvalue weighted by Gasteiger charge is 2.25. The van der Waals surface area contributed by atoms with Gasteiger partial charge in [0.15, 0.2) is 9.84 Å². The predicted molar refractivity (Wildman–Crippen MR) is 80.9 cm³/mol. The molecule has 0 N–H and O–H groups in total. The van der Waals surface area contributed by atoms with Gasteiger partial charge in [0.2, 0.25) is 0 Å². The maximum atomic E-state index is 12.4. The second-order valence-corrected chi connectivity index (χ2v) is 7.34. The van der Waals surface area contributed by atoms with Crippen LogP contribution in [0.4, 0.5) is 5.69 Å². The minimum atomic E-state index is -3.52. The molecule has 0 aromatic heterocycles. The summed E-state index contributed by atoms with van der Waals surface area (Å²) in [6.07, 6.45) is 0. The second kappa shape index (κ2) is 5.65. The quantitative estimate of drug-likeness (QED) is 0.640. The van der Waals surface area contributed by atoms with E-state index in [1.807, 2.05) is 0 Å². The van der Waals surface area contributed by atoms with Gasteiger partial charge in [-0.05, 0) is 26.0 Å². The van der Waals surface area contributed by atoms with E-state index < -0.39 is 20.0 Å². The monoisotopic (exact) mass is 305 g/mol. The lowest BCUT2D eigenvalue weighted by Gasteiger charge is -2.13. The lowest BCUT2D eigenvalue weighted by atomic mass is 10.0. The van der Waals surface area contributed by atoms with Crippen LogP contribution in [0.15, 0.2) is 53.4 Å². The minimum absolute atomic E-state index is 0.107. The third-order valence-corrected chi connectivity index (χ3v) is 5.42. The molecular formula is C15H15NO4S. The molecule has 2 aromatic carbocycles.